The molecule has 0 atom stereocenters. The number of benzene rings is 3. The summed E-state index contributed by atoms with van der Waals surface area (Å²) in [6.45, 7) is 2.95. The van der Waals surface area contributed by atoms with Crippen LogP contribution in [-0.4, -0.2) is 23.5 Å². The zero-order chi connectivity index (χ0) is 20.6. The summed E-state index contributed by atoms with van der Waals surface area (Å²) in [5.74, 6) is -0.431. The van der Waals surface area contributed by atoms with Crippen LogP contribution in [0.25, 0.3) is 10.8 Å². The molecule has 150 valence electrons. The number of nitrogens with one attached hydrogen (secondary N) is 1. The van der Waals surface area contributed by atoms with Crippen molar-refractivity contribution >= 4 is 22.6 Å². The number of ether oxygens (including phenoxy) is 1. The predicted octanol–water partition coefficient (Wildman–Crippen LogP) is 4.25. The molecule has 0 spiro atoms. The van der Waals surface area contributed by atoms with Crippen LogP contribution >= 0.6 is 0 Å². The van der Waals surface area contributed by atoms with Crippen molar-refractivity contribution < 1.29 is 19.4 Å². The third-order valence-electron chi connectivity index (χ3n) is 4.78. The van der Waals surface area contributed by atoms with Gasteiger partial charge in [0.15, 0.2) is 0 Å². The Morgan fingerprint density at radius 3 is 2.48 bits per heavy atom. The van der Waals surface area contributed by atoms with Gasteiger partial charge in [-0.2, -0.15) is 0 Å². The predicted molar refractivity (Wildman–Crippen MR) is 113 cm³/mol. The quantitative estimate of drug-likeness (QED) is 0.572. The van der Waals surface area contributed by atoms with Gasteiger partial charge in [0.25, 0.3) is 0 Å². The minimum absolute atomic E-state index is 0.0123. The molecule has 0 aliphatic heterocycles. The number of carboxylic acids is 1. The summed E-state index contributed by atoms with van der Waals surface area (Å²) in [4.78, 5) is 22.4. The van der Waals surface area contributed by atoms with Crippen LogP contribution in [0.1, 0.15) is 29.5 Å². The first-order valence-corrected chi connectivity index (χ1v) is 9.70. The van der Waals surface area contributed by atoms with Crippen LogP contribution < -0.4 is 10.1 Å². The number of rotatable bonds is 9. The summed E-state index contributed by atoms with van der Waals surface area (Å²) >= 11 is 0. The van der Waals surface area contributed by atoms with Crippen LogP contribution in [0, 0.1) is 6.92 Å². The van der Waals surface area contributed by atoms with Gasteiger partial charge in [-0.3, -0.25) is 9.59 Å². The summed E-state index contributed by atoms with van der Waals surface area (Å²) in [5, 5.41) is 13.7. The molecule has 0 aromatic heterocycles. The molecule has 0 unspecified atom stereocenters. The lowest BCUT2D eigenvalue weighted by atomic mass is 10.0. The van der Waals surface area contributed by atoms with E-state index >= 15 is 0 Å². The zero-order valence-corrected chi connectivity index (χ0v) is 16.5. The Bertz CT molecular complexity index is 995. The van der Waals surface area contributed by atoms with Crippen molar-refractivity contribution in [2.24, 2.45) is 0 Å². The van der Waals surface area contributed by atoms with Crippen molar-refractivity contribution in [2.75, 3.05) is 6.54 Å². The minimum atomic E-state index is -0.971. The monoisotopic (exact) mass is 391 g/mol. The topological polar surface area (TPSA) is 75.6 Å². The largest absolute Gasteiger partial charge is 0.489 e. The van der Waals surface area contributed by atoms with Crippen molar-refractivity contribution in [2.45, 2.75) is 32.8 Å². The molecule has 2 N–H and O–H groups in total. The van der Waals surface area contributed by atoms with Crippen LogP contribution in [0.4, 0.5) is 0 Å². The van der Waals surface area contributed by atoms with Gasteiger partial charge in [-0.15, -0.1) is 0 Å². The number of fused-ring (bicyclic) bond motifs is 1. The number of carbonyl (C=O) groups is 2. The van der Waals surface area contributed by atoms with Gasteiger partial charge in [0, 0.05) is 18.5 Å². The summed E-state index contributed by atoms with van der Waals surface area (Å²) in [6, 6.07) is 20.3. The third kappa shape index (κ3) is 5.82. The van der Waals surface area contributed by atoms with Crippen LogP contribution in [0.5, 0.6) is 5.75 Å². The Balaban J connectivity index is 1.72. The normalized spacial score (nSPS) is 10.7. The van der Waals surface area contributed by atoms with E-state index in [9.17, 15) is 9.59 Å². The standard InChI is InChI=1S/C24H25NO4/c1-17-6-8-18(9-7-17)16-29-22-11-10-19-4-2-3-5-20(19)21(22)14-15-25-23(26)12-13-24(27)28/h2-11H,12-16H2,1H3,(H,25,26)(H,27,28). The maximum atomic E-state index is 11.8. The molecule has 3 aromatic carbocycles. The molecule has 3 rings (SSSR count). The number of hydrogen-bond acceptors (Lipinski definition) is 3. The molecule has 3 aromatic rings. The fourth-order valence-corrected chi connectivity index (χ4v) is 3.19. The number of carboxylic acid groups (broad SMARTS) is 1. The second kappa shape index (κ2) is 9.73. The number of aryl methyl sites for hydroxylation is 1. The first-order valence-electron chi connectivity index (χ1n) is 9.70. The molecule has 5 heteroatoms. The average molecular weight is 391 g/mol. The van der Waals surface area contributed by atoms with Crippen LogP contribution in [-0.2, 0) is 22.6 Å². The highest BCUT2D eigenvalue weighted by Crippen LogP contribution is 2.29. The molecule has 0 saturated heterocycles. The Hall–Kier alpha value is -3.34. The maximum Gasteiger partial charge on any atom is 0.303 e. The number of hydrogen-bond donors (Lipinski definition) is 2. The average Bonchev–Trinajstić information content (AvgIpc) is 2.72. The molecule has 1 amide bonds. The van der Waals surface area contributed by atoms with Crippen molar-refractivity contribution in [1.82, 2.24) is 5.32 Å². The lowest BCUT2D eigenvalue weighted by Gasteiger charge is -2.15. The summed E-state index contributed by atoms with van der Waals surface area (Å²) in [5.41, 5.74) is 3.34. The number of aliphatic carboxylic acids is 1. The van der Waals surface area contributed by atoms with E-state index in [-0.39, 0.29) is 18.7 Å². The first-order chi connectivity index (χ1) is 14.0. The molecule has 5 nitrogen and oxygen atoms in total. The lowest BCUT2D eigenvalue weighted by molar-refractivity contribution is -0.138. The van der Waals surface area contributed by atoms with Gasteiger partial charge >= 0.3 is 5.97 Å². The maximum absolute atomic E-state index is 11.8. The van der Waals surface area contributed by atoms with E-state index in [1.807, 2.05) is 30.3 Å². The fraction of sp³-hybridized carbons (Fsp3) is 0.250. The highest BCUT2D eigenvalue weighted by Gasteiger charge is 2.11. The zero-order valence-electron chi connectivity index (χ0n) is 16.5. The summed E-state index contributed by atoms with van der Waals surface area (Å²) in [7, 11) is 0. The van der Waals surface area contributed by atoms with Crippen LogP contribution in [0.2, 0.25) is 0 Å². The van der Waals surface area contributed by atoms with E-state index in [0.29, 0.717) is 19.6 Å². The molecule has 0 fully saturated rings. The van der Waals surface area contributed by atoms with E-state index in [4.69, 9.17) is 9.84 Å². The summed E-state index contributed by atoms with van der Waals surface area (Å²) < 4.78 is 6.12. The Labute approximate surface area is 170 Å². The molecular formula is C24H25NO4. The van der Waals surface area contributed by atoms with Gasteiger partial charge in [0.05, 0.1) is 6.42 Å². The molecule has 0 heterocycles. The van der Waals surface area contributed by atoms with Gasteiger partial charge in [-0.05, 0) is 35.7 Å². The second-order valence-corrected chi connectivity index (χ2v) is 7.03. The van der Waals surface area contributed by atoms with Gasteiger partial charge in [-0.1, -0.05) is 60.2 Å². The number of amides is 1. The van der Waals surface area contributed by atoms with Gasteiger partial charge < -0.3 is 15.2 Å². The molecule has 0 aliphatic rings. The van der Waals surface area contributed by atoms with Gasteiger partial charge in [0.2, 0.25) is 5.91 Å². The first kappa shape index (κ1) is 20.4. The molecule has 0 saturated carbocycles. The van der Waals surface area contributed by atoms with Crippen molar-refractivity contribution in [3.8, 4) is 5.75 Å². The SMILES string of the molecule is Cc1ccc(COc2ccc3ccccc3c2CCNC(=O)CCC(=O)O)cc1. The second-order valence-electron chi connectivity index (χ2n) is 7.03. The van der Waals surface area contributed by atoms with E-state index in [0.717, 1.165) is 27.6 Å². The molecule has 29 heavy (non-hydrogen) atoms. The molecule has 0 radical (unpaired) electrons. The Kier molecular flexibility index (Phi) is 6.85. The van der Waals surface area contributed by atoms with Crippen molar-refractivity contribution in [3.63, 3.8) is 0 Å². The summed E-state index contributed by atoms with van der Waals surface area (Å²) in [6.07, 6.45) is 0.427. The van der Waals surface area contributed by atoms with E-state index in [1.165, 1.54) is 5.56 Å². The molecular weight excluding hydrogens is 366 g/mol. The Morgan fingerprint density at radius 2 is 1.72 bits per heavy atom. The Morgan fingerprint density at radius 1 is 0.966 bits per heavy atom. The van der Waals surface area contributed by atoms with Gasteiger partial charge in [-0.25, -0.2) is 0 Å². The fourth-order valence-electron chi connectivity index (χ4n) is 3.19. The van der Waals surface area contributed by atoms with Crippen LogP contribution in [0.15, 0.2) is 60.7 Å². The molecule has 0 aliphatic carbocycles. The van der Waals surface area contributed by atoms with E-state index < -0.39 is 5.97 Å². The highest BCUT2D eigenvalue weighted by molar-refractivity contribution is 5.88. The number of carbonyl (C=O) groups excluding carboxylic acids is 1. The van der Waals surface area contributed by atoms with Crippen LogP contribution in [0.3, 0.4) is 0 Å². The van der Waals surface area contributed by atoms with Gasteiger partial charge in [0.1, 0.15) is 12.4 Å². The van der Waals surface area contributed by atoms with Crippen molar-refractivity contribution in [3.05, 3.63) is 77.4 Å². The van der Waals surface area contributed by atoms with E-state index in [1.54, 1.807) is 0 Å². The third-order valence-corrected chi connectivity index (χ3v) is 4.78. The molecule has 0 bridgehead atoms. The highest BCUT2D eigenvalue weighted by atomic mass is 16.5. The smallest absolute Gasteiger partial charge is 0.303 e. The lowest BCUT2D eigenvalue weighted by Crippen LogP contribution is -2.26. The minimum Gasteiger partial charge on any atom is -0.489 e. The van der Waals surface area contributed by atoms with E-state index in [2.05, 4.69) is 42.6 Å². The van der Waals surface area contributed by atoms with Crippen molar-refractivity contribution in [1.29, 1.82) is 0 Å².